The summed E-state index contributed by atoms with van der Waals surface area (Å²) in [6.45, 7) is 5.43. The summed E-state index contributed by atoms with van der Waals surface area (Å²) in [5.74, 6) is -0.00365. The quantitative estimate of drug-likeness (QED) is 0.710. The van der Waals surface area contributed by atoms with Crippen molar-refractivity contribution in [3.63, 3.8) is 0 Å². The lowest BCUT2D eigenvalue weighted by molar-refractivity contribution is 0.101. The Hall–Kier alpha value is -1.64. The summed E-state index contributed by atoms with van der Waals surface area (Å²) in [4.78, 5) is 23.1. The lowest BCUT2D eigenvalue weighted by Crippen LogP contribution is -2.13. The Labute approximate surface area is 88.7 Å². The molecule has 0 spiro atoms. The summed E-state index contributed by atoms with van der Waals surface area (Å²) in [5.41, 5.74) is 0.710. The van der Waals surface area contributed by atoms with Gasteiger partial charge < -0.3 is 4.74 Å². The SMILES string of the molecule is CCOc1ccc(C)cc(C(C)=O)c1=O. The molecular formula is C12H14O3. The van der Waals surface area contributed by atoms with Crippen molar-refractivity contribution in [2.45, 2.75) is 20.8 Å². The van der Waals surface area contributed by atoms with Crippen LogP contribution in [0.25, 0.3) is 0 Å². The monoisotopic (exact) mass is 206 g/mol. The Bertz CT molecular complexity index is 435. The summed E-state index contributed by atoms with van der Waals surface area (Å²) in [5, 5.41) is 0. The van der Waals surface area contributed by atoms with Crippen LogP contribution >= 0.6 is 0 Å². The van der Waals surface area contributed by atoms with Crippen molar-refractivity contribution in [1.29, 1.82) is 0 Å². The van der Waals surface area contributed by atoms with Crippen molar-refractivity contribution in [3.05, 3.63) is 39.5 Å². The molecule has 0 aliphatic heterocycles. The fourth-order valence-electron chi connectivity index (χ4n) is 1.29. The minimum atomic E-state index is -0.336. The van der Waals surface area contributed by atoms with Crippen molar-refractivity contribution in [2.75, 3.05) is 6.61 Å². The van der Waals surface area contributed by atoms with Crippen LogP contribution in [0.5, 0.6) is 5.75 Å². The summed E-state index contributed by atoms with van der Waals surface area (Å²) < 4.78 is 5.18. The van der Waals surface area contributed by atoms with Gasteiger partial charge in [0.05, 0.1) is 12.2 Å². The summed E-state index contributed by atoms with van der Waals surface area (Å²) in [7, 11) is 0. The lowest BCUT2D eigenvalue weighted by Gasteiger charge is -1.98. The van der Waals surface area contributed by atoms with Crippen molar-refractivity contribution in [3.8, 4) is 5.75 Å². The van der Waals surface area contributed by atoms with E-state index in [0.717, 1.165) is 5.56 Å². The zero-order valence-electron chi connectivity index (χ0n) is 9.16. The molecule has 0 fully saturated rings. The number of aryl methyl sites for hydroxylation is 1. The second-order valence-corrected chi connectivity index (χ2v) is 3.32. The van der Waals surface area contributed by atoms with Gasteiger partial charge in [0.2, 0.25) is 5.43 Å². The minimum Gasteiger partial charge on any atom is -0.490 e. The van der Waals surface area contributed by atoms with Gasteiger partial charge in [0.15, 0.2) is 11.5 Å². The largest absolute Gasteiger partial charge is 0.490 e. The third-order valence-electron chi connectivity index (χ3n) is 2.02. The maximum absolute atomic E-state index is 11.8. The molecule has 0 radical (unpaired) electrons. The zero-order chi connectivity index (χ0) is 11.4. The minimum absolute atomic E-state index is 0.181. The smallest absolute Gasteiger partial charge is 0.231 e. The van der Waals surface area contributed by atoms with Crippen LogP contribution in [-0.4, -0.2) is 12.4 Å². The van der Waals surface area contributed by atoms with Gasteiger partial charge in [-0.3, -0.25) is 9.59 Å². The standard InChI is InChI=1S/C12H14O3/c1-4-15-11-6-5-8(2)7-10(9(3)13)12(11)14/h5-7H,4H2,1-3H3. The van der Waals surface area contributed by atoms with E-state index in [0.29, 0.717) is 6.61 Å². The van der Waals surface area contributed by atoms with Gasteiger partial charge in [-0.1, -0.05) is 11.6 Å². The fraction of sp³-hybridized carbons (Fsp3) is 0.333. The second-order valence-electron chi connectivity index (χ2n) is 3.32. The average Bonchev–Trinajstić information content (AvgIpc) is 2.31. The summed E-state index contributed by atoms with van der Waals surface area (Å²) in [6, 6.07) is 4.96. The van der Waals surface area contributed by atoms with Crippen LogP contribution in [0, 0.1) is 6.92 Å². The molecule has 0 aliphatic carbocycles. The van der Waals surface area contributed by atoms with E-state index >= 15 is 0 Å². The van der Waals surface area contributed by atoms with E-state index in [-0.39, 0.29) is 22.5 Å². The number of Topliss-reactive ketones (excluding diaryl/α,β-unsaturated/α-hetero) is 1. The van der Waals surface area contributed by atoms with Crippen molar-refractivity contribution in [1.82, 2.24) is 0 Å². The third kappa shape index (κ3) is 2.65. The van der Waals surface area contributed by atoms with Crippen LogP contribution in [0.4, 0.5) is 0 Å². The molecule has 1 aromatic carbocycles. The van der Waals surface area contributed by atoms with Gasteiger partial charge in [-0.25, -0.2) is 0 Å². The molecule has 0 amide bonds. The Balaban J connectivity index is 3.47. The first-order chi connectivity index (χ1) is 7.06. The van der Waals surface area contributed by atoms with Crippen molar-refractivity contribution >= 4 is 5.78 Å². The van der Waals surface area contributed by atoms with Gasteiger partial charge >= 0.3 is 0 Å². The number of hydrogen-bond acceptors (Lipinski definition) is 3. The van der Waals surface area contributed by atoms with Gasteiger partial charge in [-0.2, -0.15) is 0 Å². The van der Waals surface area contributed by atoms with E-state index in [2.05, 4.69) is 0 Å². The maximum atomic E-state index is 11.8. The molecule has 3 nitrogen and oxygen atoms in total. The third-order valence-corrected chi connectivity index (χ3v) is 2.02. The molecule has 0 saturated heterocycles. The topological polar surface area (TPSA) is 43.4 Å². The molecule has 1 rings (SSSR count). The Morgan fingerprint density at radius 2 is 2.07 bits per heavy atom. The van der Waals surface area contributed by atoms with Crippen molar-refractivity contribution < 1.29 is 9.53 Å². The van der Waals surface area contributed by atoms with E-state index in [1.165, 1.54) is 6.92 Å². The molecule has 0 aromatic heterocycles. The fourth-order valence-corrected chi connectivity index (χ4v) is 1.29. The van der Waals surface area contributed by atoms with Crippen molar-refractivity contribution in [2.24, 2.45) is 0 Å². The molecule has 0 bridgehead atoms. The summed E-state index contributed by atoms with van der Waals surface area (Å²) in [6.07, 6.45) is 0. The van der Waals surface area contributed by atoms with Crippen LogP contribution < -0.4 is 10.2 Å². The molecule has 3 heteroatoms. The molecule has 0 atom stereocenters. The van der Waals surface area contributed by atoms with Gasteiger partial charge in [-0.15, -0.1) is 0 Å². The molecule has 0 aliphatic rings. The average molecular weight is 206 g/mol. The molecule has 1 aromatic rings. The number of rotatable bonds is 3. The number of carbonyl (C=O) groups is 1. The van der Waals surface area contributed by atoms with Crippen LogP contribution in [0.3, 0.4) is 0 Å². The van der Waals surface area contributed by atoms with E-state index in [1.54, 1.807) is 25.1 Å². The highest BCUT2D eigenvalue weighted by Gasteiger charge is 2.08. The maximum Gasteiger partial charge on any atom is 0.231 e. The van der Waals surface area contributed by atoms with Gasteiger partial charge in [0.25, 0.3) is 0 Å². The Morgan fingerprint density at radius 1 is 1.40 bits per heavy atom. The summed E-state index contributed by atoms with van der Waals surface area (Å²) >= 11 is 0. The molecule has 0 saturated carbocycles. The first-order valence-corrected chi connectivity index (χ1v) is 4.85. The molecule has 0 N–H and O–H groups in total. The number of carbonyl (C=O) groups excluding carboxylic acids is 1. The molecular weight excluding hydrogens is 192 g/mol. The molecule has 80 valence electrons. The van der Waals surface area contributed by atoms with E-state index in [1.807, 2.05) is 6.92 Å². The Morgan fingerprint density at radius 3 is 2.60 bits per heavy atom. The highest BCUT2D eigenvalue weighted by Crippen LogP contribution is 2.07. The number of hydrogen-bond donors (Lipinski definition) is 0. The molecule has 0 heterocycles. The highest BCUT2D eigenvalue weighted by atomic mass is 16.5. The van der Waals surface area contributed by atoms with Gasteiger partial charge in [0.1, 0.15) is 0 Å². The second kappa shape index (κ2) is 4.73. The first-order valence-electron chi connectivity index (χ1n) is 4.85. The van der Waals surface area contributed by atoms with Gasteiger partial charge in [0, 0.05) is 0 Å². The van der Waals surface area contributed by atoms with Crippen LogP contribution in [0.2, 0.25) is 0 Å². The highest BCUT2D eigenvalue weighted by molar-refractivity contribution is 5.94. The first kappa shape index (κ1) is 11.4. The van der Waals surface area contributed by atoms with Crippen LogP contribution in [-0.2, 0) is 0 Å². The van der Waals surface area contributed by atoms with E-state index in [4.69, 9.17) is 4.74 Å². The molecule has 0 unspecified atom stereocenters. The Kier molecular flexibility index (Phi) is 3.61. The van der Waals surface area contributed by atoms with Crippen LogP contribution in [0.15, 0.2) is 23.0 Å². The van der Waals surface area contributed by atoms with Gasteiger partial charge in [-0.05, 0) is 32.9 Å². The number of ketones is 1. The predicted octanol–water partition coefficient (Wildman–Crippen LogP) is 1.96. The van der Waals surface area contributed by atoms with Crippen LogP contribution in [0.1, 0.15) is 29.8 Å². The molecule has 15 heavy (non-hydrogen) atoms. The normalized spacial score (nSPS) is 9.80. The zero-order valence-corrected chi connectivity index (χ0v) is 9.16. The number of ether oxygens (including phenoxy) is 1. The lowest BCUT2D eigenvalue weighted by atomic mass is 10.2. The predicted molar refractivity (Wildman–Crippen MR) is 58.6 cm³/mol. The van der Waals surface area contributed by atoms with E-state index in [9.17, 15) is 9.59 Å². The van der Waals surface area contributed by atoms with E-state index < -0.39 is 0 Å².